The smallest absolute Gasteiger partial charge is 0.278 e. The van der Waals surface area contributed by atoms with Crippen molar-refractivity contribution >= 4 is 11.0 Å². The van der Waals surface area contributed by atoms with E-state index in [4.69, 9.17) is 9.47 Å². The van der Waals surface area contributed by atoms with Gasteiger partial charge in [-0.25, -0.2) is 9.97 Å². The van der Waals surface area contributed by atoms with Gasteiger partial charge in [-0.3, -0.25) is 0 Å². The SMILES string of the molecule is COc1nc2ccc(C)cc2nc1OC. The van der Waals surface area contributed by atoms with Crippen LogP contribution in [-0.4, -0.2) is 24.2 Å². The van der Waals surface area contributed by atoms with E-state index < -0.39 is 0 Å². The Hall–Kier alpha value is -1.84. The monoisotopic (exact) mass is 204 g/mol. The first kappa shape index (κ1) is 9.71. The molecule has 0 saturated carbocycles. The van der Waals surface area contributed by atoms with Crippen LogP contribution in [0.4, 0.5) is 0 Å². The maximum atomic E-state index is 5.09. The molecule has 4 nitrogen and oxygen atoms in total. The Morgan fingerprint density at radius 3 is 2.13 bits per heavy atom. The normalized spacial score (nSPS) is 10.3. The number of rotatable bonds is 2. The Bertz CT molecular complexity index is 497. The van der Waals surface area contributed by atoms with E-state index in [1.165, 1.54) is 0 Å². The molecule has 0 spiro atoms. The van der Waals surface area contributed by atoms with E-state index in [0.717, 1.165) is 16.6 Å². The molecular weight excluding hydrogens is 192 g/mol. The van der Waals surface area contributed by atoms with Gasteiger partial charge in [0, 0.05) is 0 Å². The highest BCUT2D eigenvalue weighted by Crippen LogP contribution is 2.25. The van der Waals surface area contributed by atoms with E-state index in [1.54, 1.807) is 14.2 Å². The minimum atomic E-state index is 0.411. The predicted molar refractivity (Wildman–Crippen MR) is 57.4 cm³/mol. The van der Waals surface area contributed by atoms with Crippen molar-refractivity contribution in [1.29, 1.82) is 0 Å². The largest absolute Gasteiger partial charge is 0.477 e. The highest BCUT2D eigenvalue weighted by Gasteiger charge is 2.08. The molecule has 0 aliphatic rings. The molecule has 1 aromatic carbocycles. The summed E-state index contributed by atoms with van der Waals surface area (Å²) in [7, 11) is 3.10. The molecule has 0 atom stereocenters. The zero-order chi connectivity index (χ0) is 10.8. The zero-order valence-electron chi connectivity index (χ0n) is 8.94. The van der Waals surface area contributed by atoms with Crippen LogP contribution in [0.1, 0.15) is 5.56 Å². The molecule has 0 fully saturated rings. The molecule has 1 heterocycles. The molecule has 0 bridgehead atoms. The summed E-state index contributed by atoms with van der Waals surface area (Å²) >= 11 is 0. The fourth-order valence-electron chi connectivity index (χ4n) is 1.40. The number of aromatic nitrogens is 2. The molecule has 0 N–H and O–H groups in total. The Morgan fingerprint density at radius 1 is 0.933 bits per heavy atom. The second-order valence-corrected chi connectivity index (χ2v) is 3.23. The lowest BCUT2D eigenvalue weighted by Crippen LogP contribution is -1.97. The third-order valence-electron chi connectivity index (χ3n) is 2.14. The molecule has 0 aliphatic carbocycles. The predicted octanol–water partition coefficient (Wildman–Crippen LogP) is 1.96. The summed E-state index contributed by atoms with van der Waals surface area (Å²) in [5.41, 5.74) is 2.76. The van der Waals surface area contributed by atoms with Crippen molar-refractivity contribution in [3.63, 3.8) is 0 Å². The van der Waals surface area contributed by atoms with Gasteiger partial charge < -0.3 is 9.47 Å². The molecule has 0 radical (unpaired) electrons. The van der Waals surface area contributed by atoms with E-state index in [9.17, 15) is 0 Å². The summed E-state index contributed by atoms with van der Waals surface area (Å²) < 4.78 is 10.2. The van der Waals surface area contributed by atoms with Crippen LogP contribution >= 0.6 is 0 Å². The van der Waals surface area contributed by atoms with Crippen LogP contribution in [0.25, 0.3) is 11.0 Å². The van der Waals surface area contributed by atoms with E-state index >= 15 is 0 Å². The van der Waals surface area contributed by atoms with Gasteiger partial charge in [-0.05, 0) is 24.6 Å². The summed E-state index contributed by atoms with van der Waals surface area (Å²) in [5.74, 6) is 0.824. The van der Waals surface area contributed by atoms with Crippen molar-refractivity contribution in [2.75, 3.05) is 14.2 Å². The molecule has 2 rings (SSSR count). The van der Waals surface area contributed by atoms with Gasteiger partial charge in [0.15, 0.2) is 0 Å². The van der Waals surface area contributed by atoms with Crippen molar-refractivity contribution in [2.45, 2.75) is 6.92 Å². The molecule has 2 aromatic rings. The standard InChI is InChI=1S/C11H12N2O2/c1-7-4-5-8-9(6-7)13-11(15-3)10(12-8)14-2/h4-6H,1-3H3. The lowest BCUT2D eigenvalue weighted by atomic mass is 10.2. The third kappa shape index (κ3) is 1.70. The topological polar surface area (TPSA) is 44.2 Å². The fourth-order valence-corrected chi connectivity index (χ4v) is 1.40. The fraction of sp³-hybridized carbons (Fsp3) is 0.273. The first-order chi connectivity index (χ1) is 7.24. The number of fused-ring (bicyclic) bond motifs is 1. The lowest BCUT2D eigenvalue weighted by Gasteiger charge is -2.06. The third-order valence-corrected chi connectivity index (χ3v) is 2.14. The molecule has 78 valence electrons. The van der Waals surface area contributed by atoms with Gasteiger partial charge in [-0.15, -0.1) is 0 Å². The number of hydrogen-bond donors (Lipinski definition) is 0. The first-order valence-electron chi connectivity index (χ1n) is 4.61. The van der Waals surface area contributed by atoms with Crippen molar-refractivity contribution < 1.29 is 9.47 Å². The minimum absolute atomic E-state index is 0.411. The molecule has 0 saturated heterocycles. The zero-order valence-corrected chi connectivity index (χ0v) is 8.94. The summed E-state index contributed by atoms with van der Waals surface area (Å²) in [4.78, 5) is 8.61. The molecular formula is C11H12N2O2. The molecule has 0 aliphatic heterocycles. The Balaban J connectivity index is 2.69. The van der Waals surface area contributed by atoms with Gasteiger partial charge in [0.2, 0.25) is 0 Å². The van der Waals surface area contributed by atoms with E-state index in [1.807, 2.05) is 25.1 Å². The molecule has 0 amide bonds. The average molecular weight is 204 g/mol. The van der Waals surface area contributed by atoms with Gasteiger partial charge in [-0.2, -0.15) is 0 Å². The van der Waals surface area contributed by atoms with Crippen LogP contribution in [-0.2, 0) is 0 Å². The highest BCUT2D eigenvalue weighted by atomic mass is 16.5. The summed E-state index contributed by atoms with van der Waals surface area (Å²) in [6.45, 7) is 2.01. The van der Waals surface area contributed by atoms with Gasteiger partial charge in [0.05, 0.1) is 25.3 Å². The van der Waals surface area contributed by atoms with Crippen molar-refractivity contribution in [2.24, 2.45) is 0 Å². The van der Waals surface area contributed by atoms with E-state index in [-0.39, 0.29) is 0 Å². The maximum Gasteiger partial charge on any atom is 0.278 e. The van der Waals surface area contributed by atoms with Crippen LogP contribution < -0.4 is 9.47 Å². The molecule has 1 aromatic heterocycles. The maximum absolute atomic E-state index is 5.09. The number of aryl methyl sites for hydroxylation is 1. The molecule has 15 heavy (non-hydrogen) atoms. The summed E-state index contributed by atoms with van der Waals surface area (Å²) in [5, 5.41) is 0. The quantitative estimate of drug-likeness (QED) is 0.750. The van der Waals surface area contributed by atoms with Crippen molar-refractivity contribution in [1.82, 2.24) is 9.97 Å². The van der Waals surface area contributed by atoms with Gasteiger partial charge >= 0.3 is 0 Å². The van der Waals surface area contributed by atoms with Crippen LogP contribution in [0.5, 0.6) is 11.8 Å². The van der Waals surface area contributed by atoms with Crippen molar-refractivity contribution in [3.8, 4) is 11.8 Å². The van der Waals surface area contributed by atoms with Crippen LogP contribution in [0.15, 0.2) is 18.2 Å². The Labute approximate surface area is 87.9 Å². The first-order valence-corrected chi connectivity index (χ1v) is 4.61. The van der Waals surface area contributed by atoms with Crippen LogP contribution in [0, 0.1) is 6.92 Å². The van der Waals surface area contributed by atoms with Crippen molar-refractivity contribution in [3.05, 3.63) is 23.8 Å². The number of nitrogens with zero attached hydrogens (tertiary/aromatic N) is 2. The minimum Gasteiger partial charge on any atom is -0.477 e. The Morgan fingerprint density at radius 2 is 1.53 bits per heavy atom. The van der Waals surface area contributed by atoms with Gasteiger partial charge in [0.1, 0.15) is 0 Å². The lowest BCUT2D eigenvalue weighted by molar-refractivity contribution is 0.334. The Kier molecular flexibility index (Phi) is 2.41. The summed E-state index contributed by atoms with van der Waals surface area (Å²) in [6.07, 6.45) is 0. The van der Waals surface area contributed by atoms with Gasteiger partial charge in [0.25, 0.3) is 11.8 Å². The molecule has 4 heteroatoms. The summed E-state index contributed by atoms with van der Waals surface area (Å²) in [6, 6.07) is 5.87. The highest BCUT2D eigenvalue weighted by molar-refractivity contribution is 5.76. The number of benzene rings is 1. The van der Waals surface area contributed by atoms with Gasteiger partial charge in [-0.1, -0.05) is 6.07 Å². The van der Waals surface area contributed by atoms with E-state index in [0.29, 0.717) is 11.8 Å². The second kappa shape index (κ2) is 3.73. The number of methoxy groups -OCH3 is 2. The second-order valence-electron chi connectivity index (χ2n) is 3.23. The average Bonchev–Trinajstić information content (AvgIpc) is 2.27. The van der Waals surface area contributed by atoms with Crippen LogP contribution in [0.2, 0.25) is 0 Å². The van der Waals surface area contributed by atoms with Crippen LogP contribution in [0.3, 0.4) is 0 Å². The number of ether oxygens (including phenoxy) is 2. The number of hydrogen-bond acceptors (Lipinski definition) is 4. The molecule has 0 unspecified atom stereocenters. The van der Waals surface area contributed by atoms with E-state index in [2.05, 4.69) is 9.97 Å².